The smallest absolute Gasteiger partial charge is 0.342 e. The quantitative estimate of drug-likeness (QED) is 0.586. The molecule has 0 saturated carbocycles. The molecule has 19 heavy (non-hydrogen) atoms. The number of pyridine rings is 1. The van der Waals surface area contributed by atoms with Gasteiger partial charge in [-0.25, -0.2) is 9.78 Å². The summed E-state index contributed by atoms with van der Waals surface area (Å²) in [5.74, 6) is -1.05. The molecule has 8 heteroatoms. The average molecular weight is 268 g/mol. The third-order valence-corrected chi connectivity index (χ3v) is 2.34. The van der Waals surface area contributed by atoms with Crippen molar-refractivity contribution in [3.63, 3.8) is 0 Å². The molecule has 1 rings (SSSR count). The predicted octanol–water partition coefficient (Wildman–Crippen LogP) is 1.05. The zero-order valence-corrected chi connectivity index (χ0v) is 11.0. The van der Waals surface area contributed by atoms with Gasteiger partial charge in [-0.3, -0.25) is 10.1 Å². The molecular weight excluding hydrogens is 252 g/mol. The molecule has 0 aliphatic heterocycles. The van der Waals surface area contributed by atoms with E-state index in [0.29, 0.717) is 5.82 Å². The summed E-state index contributed by atoms with van der Waals surface area (Å²) >= 11 is 0. The summed E-state index contributed by atoms with van der Waals surface area (Å²) in [6.07, 6.45) is 0.953. The zero-order valence-electron chi connectivity index (χ0n) is 11.0. The average Bonchev–Trinajstić information content (AvgIpc) is 2.27. The highest BCUT2D eigenvalue weighted by atomic mass is 16.6. The molecule has 0 radical (unpaired) electrons. The maximum atomic E-state index is 11.0. The fraction of sp³-hybridized carbons (Fsp3) is 0.455. The molecule has 0 saturated heterocycles. The Bertz CT molecular complexity index is 490. The molecule has 0 fully saturated rings. The number of carbonyl (C=O) groups is 1. The van der Waals surface area contributed by atoms with E-state index in [2.05, 4.69) is 10.3 Å². The number of nitrogens with zero attached hydrogens (tertiary/aromatic N) is 3. The molecular formula is C11H16N4O4. The van der Waals surface area contributed by atoms with Crippen molar-refractivity contribution in [1.82, 2.24) is 9.88 Å². The fourth-order valence-corrected chi connectivity index (χ4v) is 1.69. The first kappa shape index (κ1) is 14.8. The molecule has 1 aromatic heterocycles. The van der Waals surface area contributed by atoms with Crippen LogP contribution >= 0.6 is 0 Å². The molecule has 0 aliphatic carbocycles. The second-order valence-corrected chi connectivity index (χ2v) is 4.46. The van der Waals surface area contributed by atoms with Crippen LogP contribution in [-0.4, -0.2) is 52.6 Å². The first-order chi connectivity index (χ1) is 8.81. The van der Waals surface area contributed by atoms with Crippen LogP contribution in [0.15, 0.2) is 12.3 Å². The third kappa shape index (κ3) is 4.18. The third-order valence-electron chi connectivity index (χ3n) is 2.34. The SMILES string of the molecule is CC(CN(C)C)Nc1cc(C(=O)O)c([N+](=O)[O-])cn1. The molecule has 0 bridgehead atoms. The Morgan fingerprint density at radius 1 is 1.63 bits per heavy atom. The number of hydrogen-bond donors (Lipinski definition) is 2. The lowest BCUT2D eigenvalue weighted by molar-refractivity contribution is -0.385. The molecule has 8 nitrogen and oxygen atoms in total. The number of carboxylic acids is 1. The van der Waals surface area contributed by atoms with Crippen molar-refractivity contribution in [3.8, 4) is 0 Å². The summed E-state index contributed by atoms with van der Waals surface area (Å²) in [7, 11) is 3.81. The topological polar surface area (TPSA) is 109 Å². The van der Waals surface area contributed by atoms with Gasteiger partial charge in [0.05, 0.1) is 4.92 Å². The van der Waals surface area contributed by atoms with Crippen LogP contribution in [0.5, 0.6) is 0 Å². The van der Waals surface area contributed by atoms with E-state index < -0.39 is 16.6 Å². The summed E-state index contributed by atoms with van der Waals surface area (Å²) in [5, 5.41) is 22.6. The molecule has 0 spiro atoms. The van der Waals surface area contributed by atoms with Gasteiger partial charge in [-0.05, 0) is 21.0 Å². The van der Waals surface area contributed by atoms with Gasteiger partial charge in [0.15, 0.2) is 0 Å². The normalized spacial score (nSPS) is 12.2. The van der Waals surface area contributed by atoms with Gasteiger partial charge >= 0.3 is 11.7 Å². The van der Waals surface area contributed by atoms with Gasteiger partial charge in [-0.2, -0.15) is 0 Å². The Labute approximate surface area is 110 Å². The van der Waals surface area contributed by atoms with Crippen molar-refractivity contribution in [2.75, 3.05) is 26.0 Å². The monoisotopic (exact) mass is 268 g/mol. The van der Waals surface area contributed by atoms with Crippen LogP contribution in [0.2, 0.25) is 0 Å². The molecule has 1 unspecified atom stereocenters. The number of carboxylic acid groups (broad SMARTS) is 1. The molecule has 0 aliphatic rings. The van der Waals surface area contributed by atoms with Gasteiger partial charge in [0, 0.05) is 18.7 Å². The Morgan fingerprint density at radius 3 is 2.74 bits per heavy atom. The predicted molar refractivity (Wildman–Crippen MR) is 69.5 cm³/mol. The standard InChI is InChI=1S/C11H16N4O4/c1-7(6-14(2)3)13-10-4-8(11(16)17)9(5-12-10)15(18)19/h4-5,7H,6H2,1-3H3,(H,12,13)(H,16,17). The van der Waals surface area contributed by atoms with E-state index in [1.54, 1.807) is 0 Å². The first-order valence-electron chi connectivity index (χ1n) is 5.60. The number of nitro groups is 1. The van der Waals surface area contributed by atoms with Gasteiger partial charge in [-0.15, -0.1) is 0 Å². The highest BCUT2D eigenvalue weighted by Crippen LogP contribution is 2.20. The molecule has 1 atom stereocenters. The Hall–Kier alpha value is -2.22. The number of nitrogens with one attached hydrogen (secondary N) is 1. The van der Waals surface area contributed by atoms with Crippen LogP contribution < -0.4 is 5.32 Å². The van der Waals surface area contributed by atoms with Crippen molar-refractivity contribution >= 4 is 17.5 Å². The minimum Gasteiger partial charge on any atom is -0.477 e. The molecule has 0 amide bonds. The largest absolute Gasteiger partial charge is 0.477 e. The van der Waals surface area contributed by atoms with Crippen LogP contribution in [0.3, 0.4) is 0 Å². The number of hydrogen-bond acceptors (Lipinski definition) is 6. The second kappa shape index (κ2) is 6.10. The first-order valence-corrected chi connectivity index (χ1v) is 5.60. The number of anilines is 1. The van der Waals surface area contributed by atoms with E-state index in [-0.39, 0.29) is 11.6 Å². The van der Waals surface area contributed by atoms with E-state index in [1.165, 1.54) is 6.07 Å². The van der Waals surface area contributed by atoms with Gasteiger partial charge < -0.3 is 15.3 Å². The van der Waals surface area contributed by atoms with Crippen LogP contribution in [0.1, 0.15) is 17.3 Å². The van der Waals surface area contributed by atoms with Crippen molar-refractivity contribution < 1.29 is 14.8 Å². The van der Waals surface area contributed by atoms with Gasteiger partial charge in [0.1, 0.15) is 17.6 Å². The minimum atomic E-state index is -1.35. The van der Waals surface area contributed by atoms with Crippen molar-refractivity contribution in [2.45, 2.75) is 13.0 Å². The van der Waals surface area contributed by atoms with Crippen LogP contribution in [0, 0.1) is 10.1 Å². The van der Waals surface area contributed by atoms with Gasteiger partial charge in [-0.1, -0.05) is 0 Å². The highest BCUT2D eigenvalue weighted by molar-refractivity contribution is 5.93. The van der Waals surface area contributed by atoms with Gasteiger partial charge in [0.25, 0.3) is 0 Å². The van der Waals surface area contributed by atoms with Crippen molar-refractivity contribution in [1.29, 1.82) is 0 Å². The van der Waals surface area contributed by atoms with Crippen molar-refractivity contribution in [3.05, 3.63) is 27.9 Å². The lowest BCUT2D eigenvalue weighted by atomic mass is 10.2. The van der Waals surface area contributed by atoms with Crippen LogP contribution in [-0.2, 0) is 0 Å². The zero-order chi connectivity index (χ0) is 14.6. The minimum absolute atomic E-state index is 0.0330. The maximum absolute atomic E-state index is 11.0. The maximum Gasteiger partial charge on any atom is 0.342 e. The van der Waals surface area contributed by atoms with E-state index in [9.17, 15) is 14.9 Å². The molecule has 1 heterocycles. The molecule has 0 aromatic carbocycles. The lowest BCUT2D eigenvalue weighted by Gasteiger charge is -2.18. The van der Waals surface area contributed by atoms with E-state index >= 15 is 0 Å². The summed E-state index contributed by atoms with van der Waals surface area (Å²) in [6.45, 7) is 2.63. The van der Waals surface area contributed by atoms with Crippen LogP contribution in [0.25, 0.3) is 0 Å². The molecule has 1 aromatic rings. The lowest BCUT2D eigenvalue weighted by Crippen LogP contribution is -2.30. The number of aromatic carboxylic acids is 1. The Balaban J connectivity index is 2.96. The summed E-state index contributed by atoms with van der Waals surface area (Å²) in [5.41, 5.74) is -0.891. The molecule has 2 N–H and O–H groups in total. The number of rotatable bonds is 6. The highest BCUT2D eigenvalue weighted by Gasteiger charge is 2.21. The summed E-state index contributed by atoms with van der Waals surface area (Å²) < 4.78 is 0. The Morgan fingerprint density at radius 2 is 2.26 bits per heavy atom. The van der Waals surface area contributed by atoms with E-state index in [4.69, 9.17) is 5.11 Å². The van der Waals surface area contributed by atoms with E-state index in [1.807, 2.05) is 25.9 Å². The van der Waals surface area contributed by atoms with Gasteiger partial charge in [0.2, 0.25) is 0 Å². The van der Waals surface area contributed by atoms with Crippen LogP contribution in [0.4, 0.5) is 11.5 Å². The number of aromatic nitrogens is 1. The Kier molecular flexibility index (Phi) is 4.76. The fourth-order valence-electron chi connectivity index (χ4n) is 1.69. The van der Waals surface area contributed by atoms with E-state index in [0.717, 1.165) is 12.7 Å². The second-order valence-electron chi connectivity index (χ2n) is 4.46. The molecule has 104 valence electrons. The summed E-state index contributed by atoms with van der Waals surface area (Å²) in [6, 6.07) is 1.21. The number of likely N-dealkylation sites (N-methyl/N-ethyl adjacent to an activating group) is 1. The van der Waals surface area contributed by atoms with Crippen molar-refractivity contribution in [2.24, 2.45) is 0 Å². The summed E-state index contributed by atoms with van der Waals surface area (Å²) in [4.78, 5) is 26.7.